The zero-order valence-electron chi connectivity index (χ0n) is 8.22. The molecule has 2 aliphatic rings. The zero-order valence-corrected chi connectivity index (χ0v) is 8.22. The van der Waals surface area contributed by atoms with Crippen LogP contribution in [0.2, 0.25) is 0 Å². The van der Waals surface area contributed by atoms with Gasteiger partial charge in [-0.1, -0.05) is 35.5 Å². The van der Waals surface area contributed by atoms with Crippen molar-refractivity contribution in [2.75, 3.05) is 5.32 Å². The van der Waals surface area contributed by atoms with Gasteiger partial charge in [0.25, 0.3) is 0 Å². The summed E-state index contributed by atoms with van der Waals surface area (Å²) in [5.41, 5.74) is 3.26. The Morgan fingerprint density at radius 3 is 3.07 bits per heavy atom. The minimum atomic E-state index is 0.136. The van der Waals surface area contributed by atoms with E-state index in [1.54, 1.807) is 0 Å². The third-order valence-electron chi connectivity index (χ3n) is 3.15. The average Bonchev–Trinajstić information content (AvgIpc) is 2.67. The summed E-state index contributed by atoms with van der Waals surface area (Å²) in [5.74, 6) is 0.320. The van der Waals surface area contributed by atoms with Gasteiger partial charge in [-0.3, -0.25) is 0 Å². The maximum Gasteiger partial charge on any atom is 0.0839 e. The second-order valence-electron chi connectivity index (χ2n) is 3.96. The summed E-state index contributed by atoms with van der Waals surface area (Å²) in [7, 11) is 0. The molecule has 0 bridgehead atoms. The lowest BCUT2D eigenvalue weighted by Gasteiger charge is -2.21. The molecule has 0 fully saturated rings. The summed E-state index contributed by atoms with van der Waals surface area (Å²) in [6.07, 6.45) is 5.00. The Hall–Kier alpha value is -1.77. The molecule has 0 saturated heterocycles. The molecule has 1 heterocycles. The van der Waals surface area contributed by atoms with Crippen LogP contribution in [-0.2, 0) is 0 Å². The highest BCUT2D eigenvalue weighted by molar-refractivity contribution is 5.97. The smallest absolute Gasteiger partial charge is 0.0839 e. The topological polar surface area (TPSA) is 44.6 Å². The molecule has 3 nitrogen and oxygen atoms in total. The molecule has 2 N–H and O–H groups in total. The molecule has 15 heavy (non-hydrogen) atoms. The summed E-state index contributed by atoms with van der Waals surface area (Å²) >= 11 is 0. The van der Waals surface area contributed by atoms with E-state index < -0.39 is 0 Å². The lowest BCUT2D eigenvalue weighted by Crippen LogP contribution is -2.31. The highest BCUT2D eigenvalue weighted by Crippen LogP contribution is 2.39. The molecule has 2 atom stereocenters. The van der Waals surface area contributed by atoms with Crippen LogP contribution in [0.15, 0.2) is 41.6 Å². The summed E-state index contributed by atoms with van der Waals surface area (Å²) < 4.78 is 0. The van der Waals surface area contributed by atoms with Gasteiger partial charge in [0.15, 0.2) is 0 Å². The van der Waals surface area contributed by atoms with Gasteiger partial charge in [-0.05, 0) is 11.6 Å². The minimum absolute atomic E-state index is 0.136. The van der Waals surface area contributed by atoms with E-state index in [0.717, 1.165) is 17.8 Å². The lowest BCUT2D eigenvalue weighted by molar-refractivity contribution is 0.315. The predicted octanol–water partition coefficient (Wildman–Crippen LogP) is 2.35. The molecule has 0 amide bonds. The van der Waals surface area contributed by atoms with Crippen molar-refractivity contribution in [2.24, 2.45) is 5.16 Å². The number of nitrogens with zero attached hydrogens (tertiary/aromatic N) is 1. The standard InChI is InChI=1S/C12H12N2O/c15-14-11-7-3-5-9-8-4-1-2-6-10(8)13-12(9)11/h1-6,9,12-13,15H,7H2. The first kappa shape index (κ1) is 8.53. The Balaban J connectivity index is 2.08. The van der Waals surface area contributed by atoms with Gasteiger partial charge >= 0.3 is 0 Å². The van der Waals surface area contributed by atoms with E-state index in [4.69, 9.17) is 5.21 Å². The number of hydrogen-bond donors (Lipinski definition) is 2. The third-order valence-corrected chi connectivity index (χ3v) is 3.15. The summed E-state index contributed by atoms with van der Waals surface area (Å²) in [6.45, 7) is 0. The van der Waals surface area contributed by atoms with Gasteiger partial charge in [-0.25, -0.2) is 0 Å². The second kappa shape index (κ2) is 3.12. The number of benzene rings is 1. The van der Waals surface area contributed by atoms with E-state index >= 15 is 0 Å². The lowest BCUT2D eigenvalue weighted by atomic mass is 9.87. The van der Waals surface area contributed by atoms with Gasteiger partial charge in [0, 0.05) is 18.0 Å². The van der Waals surface area contributed by atoms with E-state index in [-0.39, 0.29) is 6.04 Å². The molecule has 2 unspecified atom stereocenters. The summed E-state index contributed by atoms with van der Waals surface area (Å²) in [5, 5.41) is 15.7. The van der Waals surface area contributed by atoms with Crippen molar-refractivity contribution in [3.63, 3.8) is 0 Å². The van der Waals surface area contributed by atoms with E-state index in [2.05, 4.69) is 34.8 Å². The molecule has 1 aromatic rings. The molecule has 3 heteroatoms. The molecule has 0 spiro atoms. The number of anilines is 1. The predicted molar refractivity (Wildman–Crippen MR) is 59.6 cm³/mol. The first-order valence-corrected chi connectivity index (χ1v) is 5.13. The number of para-hydroxylation sites is 1. The highest BCUT2D eigenvalue weighted by Gasteiger charge is 2.35. The van der Waals surface area contributed by atoms with Gasteiger partial charge in [0.2, 0.25) is 0 Å². The van der Waals surface area contributed by atoms with Crippen molar-refractivity contribution in [3.05, 3.63) is 42.0 Å². The van der Waals surface area contributed by atoms with Crippen LogP contribution in [-0.4, -0.2) is 17.0 Å². The van der Waals surface area contributed by atoms with Gasteiger partial charge in [-0.2, -0.15) is 0 Å². The fraction of sp³-hybridized carbons (Fsp3) is 0.250. The van der Waals surface area contributed by atoms with Crippen LogP contribution < -0.4 is 5.32 Å². The van der Waals surface area contributed by atoms with Crippen LogP contribution in [0.25, 0.3) is 0 Å². The van der Waals surface area contributed by atoms with Crippen molar-refractivity contribution < 1.29 is 5.21 Å². The van der Waals surface area contributed by atoms with Gasteiger partial charge < -0.3 is 10.5 Å². The van der Waals surface area contributed by atoms with Crippen LogP contribution in [0.4, 0.5) is 5.69 Å². The summed E-state index contributed by atoms with van der Waals surface area (Å²) in [4.78, 5) is 0. The van der Waals surface area contributed by atoms with Gasteiger partial charge in [0.05, 0.1) is 11.8 Å². The van der Waals surface area contributed by atoms with Crippen LogP contribution in [0.3, 0.4) is 0 Å². The van der Waals surface area contributed by atoms with Gasteiger partial charge in [0.1, 0.15) is 0 Å². The van der Waals surface area contributed by atoms with Crippen molar-refractivity contribution in [1.82, 2.24) is 0 Å². The van der Waals surface area contributed by atoms with Crippen molar-refractivity contribution in [3.8, 4) is 0 Å². The normalized spacial score (nSPS) is 29.7. The first-order chi connectivity index (χ1) is 7.40. The number of fused-ring (bicyclic) bond motifs is 3. The van der Waals surface area contributed by atoms with E-state index in [1.165, 1.54) is 5.56 Å². The largest absolute Gasteiger partial charge is 0.411 e. The number of oxime groups is 1. The van der Waals surface area contributed by atoms with Crippen molar-refractivity contribution in [1.29, 1.82) is 0 Å². The van der Waals surface area contributed by atoms with Crippen molar-refractivity contribution >= 4 is 11.4 Å². The fourth-order valence-corrected chi connectivity index (χ4v) is 2.43. The number of nitrogens with one attached hydrogen (secondary N) is 1. The van der Waals surface area contributed by atoms with E-state index in [1.807, 2.05) is 12.1 Å². The third kappa shape index (κ3) is 1.16. The SMILES string of the molecule is ON=C1CC=CC2c3ccccc3NC12. The van der Waals surface area contributed by atoms with E-state index in [9.17, 15) is 0 Å². The molecule has 1 aromatic carbocycles. The zero-order chi connectivity index (χ0) is 10.3. The Morgan fingerprint density at radius 1 is 1.33 bits per heavy atom. The van der Waals surface area contributed by atoms with Gasteiger partial charge in [-0.15, -0.1) is 0 Å². The maximum absolute atomic E-state index is 8.93. The second-order valence-corrected chi connectivity index (χ2v) is 3.96. The van der Waals surface area contributed by atoms with Crippen LogP contribution in [0, 0.1) is 0 Å². The van der Waals surface area contributed by atoms with Crippen LogP contribution in [0.5, 0.6) is 0 Å². The number of hydrogen-bond acceptors (Lipinski definition) is 3. The monoisotopic (exact) mass is 200 g/mol. The Kier molecular flexibility index (Phi) is 1.78. The van der Waals surface area contributed by atoms with Crippen LogP contribution in [0.1, 0.15) is 17.9 Å². The maximum atomic E-state index is 8.93. The molecule has 0 saturated carbocycles. The number of allylic oxidation sites excluding steroid dienone is 1. The molecule has 76 valence electrons. The quantitative estimate of drug-likeness (QED) is 0.383. The fourth-order valence-electron chi connectivity index (χ4n) is 2.43. The molecular weight excluding hydrogens is 188 g/mol. The first-order valence-electron chi connectivity index (χ1n) is 5.13. The molecular formula is C12H12N2O. The molecule has 1 aliphatic heterocycles. The minimum Gasteiger partial charge on any atom is -0.411 e. The Bertz CT molecular complexity index is 451. The molecule has 0 aromatic heterocycles. The average molecular weight is 200 g/mol. The van der Waals surface area contributed by atoms with Crippen molar-refractivity contribution in [2.45, 2.75) is 18.4 Å². The summed E-state index contributed by atoms with van der Waals surface area (Å²) in [6, 6.07) is 8.38. The molecule has 3 rings (SSSR count). The van der Waals surface area contributed by atoms with E-state index in [0.29, 0.717) is 5.92 Å². The number of rotatable bonds is 0. The molecule has 0 radical (unpaired) electrons. The Labute approximate surface area is 88.1 Å². The van der Waals surface area contributed by atoms with Crippen LogP contribution >= 0.6 is 0 Å². The molecule has 1 aliphatic carbocycles. The highest BCUT2D eigenvalue weighted by atomic mass is 16.4. The Morgan fingerprint density at radius 2 is 2.20 bits per heavy atom.